The Bertz CT molecular complexity index is 1110. The van der Waals surface area contributed by atoms with Crippen LogP contribution in [0.5, 0.6) is 0 Å². The summed E-state index contributed by atoms with van der Waals surface area (Å²) in [6.07, 6.45) is 0.185. The lowest BCUT2D eigenvalue weighted by Crippen LogP contribution is -2.07. The summed E-state index contributed by atoms with van der Waals surface area (Å²) >= 11 is 1.48. The van der Waals surface area contributed by atoms with Crippen LogP contribution in [-0.4, -0.2) is 11.0 Å². The van der Waals surface area contributed by atoms with Gasteiger partial charge in [0, 0.05) is 16.1 Å². The Balaban J connectivity index is 1.51. The Morgan fingerprint density at radius 2 is 1.60 bits per heavy atom. The van der Waals surface area contributed by atoms with Gasteiger partial charge in [0.2, 0.25) is 0 Å². The highest BCUT2D eigenvalue weighted by molar-refractivity contribution is 7.16. The molecule has 1 heterocycles. The van der Waals surface area contributed by atoms with Crippen LogP contribution in [0.2, 0.25) is 0 Å². The average molecular weight is 415 g/mol. The smallest absolute Gasteiger partial charge is 0.311 e. The molecule has 4 rings (SSSR count). The molecule has 0 amide bonds. The molecule has 3 aromatic carbocycles. The summed E-state index contributed by atoms with van der Waals surface area (Å²) in [5, 5.41) is 4.08. The topological polar surface area (TPSA) is 51.2 Å². The fourth-order valence-electron chi connectivity index (χ4n) is 3.02. The number of hydrogen-bond donors (Lipinski definition) is 1. The first-order chi connectivity index (χ1) is 14.7. The van der Waals surface area contributed by atoms with Crippen LogP contribution < -0.4 is 5.32 Å². The van der Waals surface area contributed by atoms with E-state index in [2.05, 4.69) is 5.32 Å². The summed E-state index contributed by atoms with van der Waals surface area (Å²) in [6.45, 7) is 2.31. The molecule has 0 saturated carbocycles. The van der Waals surface area contributed by atoms with E-state index in [0.717, 1.165) is 32.5 Å². The van der Waals surface area contributed by atoms with Crippen molar-refractivity contribution < 1.29 is 9.53 Å². The van der Waals surface area contributed by atoms with E-state index >= 15 is 0 Å². The second kappa shape index (κ2) is 9.37. The number of hydrogen-bond acceptors (Lipinski definition) is 5. The number of carbonyl (C=O) groups excluding carboxylic acids is 1. The summed E-state index contributed by atoms with van der Waals surface area (Å²) in [7, 11) is 0. The molecule has 150 valence electrons. The molecule has 5 heteroatoms. The quantitative estimate of drug-likeness (QED) is 0.369. The van der Waals surface area contributed by atoms with Crippen molar-refractivity contribution in [1.82, 2.24) is 4.98 Å². The zero-order chi connectivity index (χ0) is 20.8. The maximum absolute atomic E-state index is 12.5. The van der Waals surface area contributed by atoms with Crippen LogP contribution in [0.25, 0.3) is 11.3 Å². The predicted molar refractivity (Wildman–Crippen MR) is 122 cm³/mol. The number of ether oxygens (including phenoxy) is 1. The lowest BCUT2D eigenvalue weighted by Gasteiger charge is -2.06. The van der Waals surface area contributed by atoms with E-state index in [1.54, 1.807) is 0 Å². The molecule has 1 aromatic heterocycles. The van der Waals surface area contributed by atoms with E-state index in [1.807, 2.05) is 91.9 Å². The first-order valence-electron chi connectivity index (χ1n) is 9.76. The first kappa shape index (κ1) is 19.9. The molecular formula is C25H22N2O2S. The van der Waals surface area contributed by atoms with Gasteiger partial charge in [-0.15, -0.1) is 11.3 Å². The molecule has 1 N–H and O–H groups in total. The molecule has 4 aromatic rings. The van der Waals surface area contributed by atoms with Gasteiger partial charge < -0.3 is 10.1 Å². The number of benzene rings is 3. The summed E-state index contributed by atoms with van der Waals surface area (Å²) in [5.74, 6) is -0.261. The van der Waals surface area contributed by atoms with E-state index in [9.17, 15) is 4.79 Å². The average Bonchev–Trinajstić information content (AvgIpc) is 3.16. The molecular weight excluding hydrogens is 392 g/mol. The van der Waals surface area contributed by atoms with Gasteiger partial charge >= 0.3 is 5.97 Å². The lowest BCUT2D eigenvalue weighted by molar-refractivity contribution is -0.144. The van der Waals surface area contributed by atoms with Crippen molar-refractivity contribution in [3.63, 3.8) is 0 Å². The van der Waals surface area contributed by atoms with Gasteiger partial charge in [0.25, 0.3) is 0 Å². The van der Waals surface area contributed by atoms with Crippen LogP contribution in [0.4, 0.5) is 10.8 Å². The third kappa shape index (κ3) is 5.13. The van der Waals surface area contributed by atoms with Gasteiger partial charge in [-0.3, -0.25) is 4.79 Å². The van der Waals surface area contributed by atoms with Crippen molar-refractivity contribution in [2.75, 3.05) is 5.32 Å². The number of thiazole rings is 1. The molecule has 0 aliphatic rings. The number of anilines is 2. The highest BCUT2D eigenvalue weighted by Crippen LogP contribution is 2.33. The van der Waals surface area contributed by atoms with Gasteiger partial charge in [-0.05, 0) is 24.6 Å². The second-order valence-electron chi connectivity index (χ2n) is 6.97. The third-order valence-corrected chi connectivity index (χ3v) is 5.57. The largest absolute Gasteiger partial charge is 0.461 e. The zero-order valence-corrected chi connectivity index (χ0v) is 17.5. The fourth-order valence-corrected chi connectivity index (χ4v) is 4.01. The highest BCUT2D eigenvalue weighted by atomic mass is 32.1. The van der Waals surface area contributed by atoms with Crippen LogP contribution in [-0.2, 0) is 22.6 Å². The molecule has 30 heavy (non-hydrogen) atoms. The molecule has 0 atom stereocenters. The molecule has 0 aliphatic heterocycles. The summed E-state index contributed by atoms with van der Waals surface area (Å²) in [6, 6.07) is 27.8. The van der Waals surface area contributed by atoms with Crippen LogP contribution in [0.15, 0.2) is 84.9 Å². The molecule has 4 nitrogen and oxygen atoms in total. The maximum Gasteiger partial charge on any atom is 0.311 e. The van der Waals surface area contributed by atoms with Crippen LogP contribution >= 0.6 is 11.3 Å². The Labute approximate surface area is 180 Å². The maximum atomic E-state index is 12.5. The van der Waals surface area contributed by atoms with Gasteiger partial charge in [-0.25, -0.2) is 4.98 Å². The van der Waals surface area contributed by atoms with Gasteiger partial charge in [0.05, 0.1) is 12.1 Å². The number of esters is 1. The number of rotatable bonds is 7. The summed E-state index contributed by atoms with van der Waals surface area (Å²) in [5.41, 5.74) is 4.91. The molecule has 0 radical (unpaired) electrons. The van der Waals surface area contributed by atoms with Crippen LogP contribution in [0, 0.1) is 6.92 Å². The Hall–Kier alpha value is -3.44. The molecule has 0 aliphatic carbocycles. The minimum Gasteiger partial charge on any atom is -0.461 e. The standard InChI is InChI=1S/C25H22N2O2S/c1-18-12-14-19(15-13-18)17-29-23(28)16-22-24(20-8-4-2-5-9-20)27-25(30-22)26-21-10-6-3-7-11-21/h2-15H,16-17H2,1H3,(H,26,27). The highest BCUT2D eigenvalue weighted by Gasteiger charge is 2.17. The Morgan fingerprint density at radius 1 is 0.933 bits per heavy atom. The second-order valence-corrected chi connectivity index (χ2v) is 8.05. The molecule has 0 unspecified atom stereocenters. The zero-order valence-electron chi connectivity index (χ0n) is 16.7. The van der Waals surface area contributed by atoms with Crippen molar-refractivity contribution in [3.05, 3.63) is 101 Å². The van der Waals surface area contributed by atoms with Crippen molar-refractivity contribution in [3.8, 4) is 11.3 Å². The van der Waals surface area contributed by atoms with Crippen molar-refractivity contribution >= 4 is 28.1 Å². The molecule has 0 bridgehead atoms. The Kier molecular flexibility index (Phi) is 6.20. The summed E-state index contributed by atoms with van der Waals surface area (Å²) in [4.78, 5) is 18.2. The number of para-hydroxylation sites is 1. The molecule has 0 fully saturated rings. The van der Waals surface area contributed by atoms with Crippen LogP contribution in [0.1, 0.15) is 16.0 Å². The van der Waals surface area contributed by atoms with E-state index in [-0.39, 0.29) is 19.0 Å². The predicted octanol–water partition coefficient (Wildman–Crippen LogP) is 6.15. The summed E-state index contributed by atoms with van der Waals surface area (Å²) < 4.78 is 5.51. The van der Waals surface area contributed by atoms with Crippen molar-refractivity contribution in [2.45, 2.75) is 20.0 Å². The number of nitrogens with zero attached hydrogens (tertiary/aromatic N) is 1. The van der Waals surface area contributed by atoms with Gasteiger partial charge in [0.1, 0.15) is 6.61 Å². The van der Waals surface area contributed by atoms with E-state index in [4.69, 9.17) is 9.72 Å². The monoisotopic (exact) mass is 414 g/mol. The number of nitrogens with one attached hydrogen (secondary N) is 1. The minimum absolute atomic E-state index is 0.185. The van der Waals surface area contributed by atoms with Gasteiger partial charge in [-0.2, -0.15) is 0 Å². The van der Waals surface area contributed by atoms with Crippen LogP contribution in [0.3, 0.4) is 0 Å². The number of aromatic nitrogens is 1. The normalized spacial score (nSPS) is 10.6. The van der Waals surface area contributed by atoms with E-state index in [1.165, 1.54) is 16.9 Å². The third-order valence-electron chi connectivity index (χ3n) is 4.59. The number of carbonyl (C=O) groups is 1. The van der Waals surface area contributed by atoms with E-state index < -0.39 is 0 Å². The van der Waals surface area contributed by atoms with Crippen molar-refractivity contribution in [1.29, 1.82) is 0 Å². The molecule has 0 spiro atoms. The van der Waals surface area contributed by atoms with Gasteiger partial charge in [-0.1, -0.05) is 78.4 Å². The SMILES string of the molecule is Cc1ccc(COC(=O)Cc2sc(Nc3ccccc3)nc2-c2ccccc2)cc1. The molecule has 0 saturated heterocycles. The van der Waals surface area contributed by atoms with Crippen molar-refractivity contribution in [2.24, 2.45) is 0 Å². The minimum atomic E-state index is -0.261. The Morgan fingerprint density at radius 3 is 2.30 bits per heavy atom. The fraction of sp³-hybridized carbons (Fsp3) is 0.120. The first-order valence-corrected chi connectivity index (χ1v) is 10.6. The van der Waals surface area contributed by atoms with Gasteiger partial charge in [0.15, 0.2) is 5.13 Å². The number of aryl methyl sites for hydroxylation is 1. The van der Waals surface area contributed by atoms with E-state index in [0.29, 0.717) is 0 Å². The lowest BCUT2D eigenvalue weighted by atomic mass is 10.1.